The monoisotopic (exact) mass is 250 g/mol. The van der Waals surface area contributed by atoms with Crippen LogP contribution in [0, 0.1) is 17.3 Å². The molecule has 0 spiro atoms. The third kappa shape index (κ3) is 1.33. The van der Waals surface area contributed by atoms with Crippen LogP contribution in [0.3, 0.4) is 0 Å². The summed E-state index contributed by atoms with van der Waals surface area (Å²) in [6.45, 7) is 16.0. The van der Waals surface area contributed by atoms with Gasteiger partial charge in [0, 0.05) is 0 Å². The Morgan fingerprint density at radius 1 is 1.06 bits per heavy atom. The van der Waals surface area contributed by atoms with Crippen LogP contribution in [0.2, 0.25) is 5.31 Å². The van der Waals surface area contributed by atoms with Crippen molar-refractivity contribution in [2.45, 2.75) is 77.8 Å². The van der Waals surface area contributed by atoms with E-state index in [1.807, 2.05) is 0 Å². The van der Waals surface area contributed by atoms with Gasteiger partial charge in [-0.05, 0) is 49.3 Å². The maximum atomic E-state index is 6.48. The maximum absolute atomic E-state index is 6.48. The first-order chi connectivity index (χ1) is 8.01. The van der Waals surface area contributed by atoms with Crippen LogP contribution in [-0.2, 0) is 9.31 Å². The molecule has 2 bridgehead atoms. The SMILES string of the molecule is CC(C)(C)B1O[C@]2(C)C[C@@H]3C[C@@H](C3(C)C)[C@]2(C)O1. The molecule has 0 aromatic carbocycles. The van der Waals surface area contributed by atoms with E-state index in [9.17, 15) is 0 Å². The van der Waals surface area contributed by atoms with Crippen LogP contribution in [0.1, 0.15) is 61.3 Å². The van der Waals surface area contributed by atoms with Crippen LogP contribution in [-0.4, -0.2) is 18.3 Å². The highest BCUT2D eigenvalue weighted by atomic mass is 16.7. The predicted octanol–water partition coefficient (Wildman–Crippen LogP) is 3.90. The van der Waals surface area contributed by atoms with Gasteiger partial charge in [-0.25, -0.2) is 0 Å². The van der Waals surface area contributed by atoms with E-state index in [0.717, 1.165) is 12.3 Å². The molecule has 1 aliphatic heterocycles. The third-order valence-electron chi connectivity index (χ3n) is 6.25. The highest BCUT2D eigenvalue weighted by Crippen LogP contribution is 2.69. The Kier molecular flexibility index (Phi) is 2.29. The lowest BCUT2D eigenvalue weighted by atomic mass is 9.41. The molecular weight excluding hydrogens is 223 g/mol. The minimum absolute atomic E-state index is 0.0535. The van der Waals surface area contributed by atoms with Gasteiger partial charge in [0.15, 0.2) is 0 Å². The normalized spacial score (nSPS) is 49.8. The van der Waals surface area contributed by atoms with Crippen LogP contribution < -0.4 is 0 Å². The predicted molar refractivity (Wildman–Crippen MR) is 74.4 cm³/mol. The summed E-state index contributed by atoms with van der Waals surface area (Å²) in [5, 5.41) is 0.0535. The lowest BCUT2D eigenvalue weighted by Gasteiger charge is -2.67. The summed E-state index contributed by atoms with van der Waals surface area (Å²) in [5.74, 6) is 1.45. The van der Waals surface area contributed by atoms with Gasteiger partial charge in [0.1, 0.15) is 0 Å². The number of rotatable bonds is 0. The number of hydrogen-bond donors (Lipinski definition) is 0. The van der Waals surface area contributed by atoms with Crippen molar-refractivity contribution < 1.29 is 9.31 Å². The minimum atomic E-state index is -0.108. The molecule has 18 heavy (non-hydrogen) atoms. The Morgan fingerprint density at radius 3 is 2.17 bits per heavy atom. The fourth-order valence-corrected chi connectivity index (χ4v) is 4.55. The quantitative estimate of drug-likeness (QED) is 0.607. The zero-order chi connectivity index (χ0) is 13.6. The highest BCUT2D eigenvalue weighted by molar-refractivity contribution is 6.49. The zero-order valence-electron chi connectivity index (χ0n) is 13.0. The van der Waals surface area contributed by atoms with E-state index in [-0.39, 0.29) is 23.6 Å². The van der Waals surface area contributed by atoms with Crippen molar-refractivity contribution in [3.63, 3.8) is 0 Å². The molecule has 3 aliphatic carbocycles. The van der Waals surface area contributed by atoms with Crippen LogP contribution in [0.4, 0.5) is 0 Å². The molecule has 0 radical (unpaired) electrons. The summed E-state index contributed by atoms with van der Waals surface area (Å²) in [5.41, 5.74) is 0.224. The molecule has 1 heterocycles. The van der Waals surface area contributed by atoms with Gasteiger partial charge in [-0.15, -0.1) is 0 Å². The minimum Gasteiger partial charge on any atom is -0.403 e. The van der Waals surface area contributed by atoms with Crippen LogP contribution in [0.25, 0.3) is 0 Å². The second-order valence-corrected chi connectivity index (χ2v) is 8.78. The lowest BCUT2D eigenvalue weighted by Crippen LogP contribution is -2.70. The molecule has 3 saturated carbocycles. The average molecular weight is 250 g/mol. The first kappa shape index (κ1) is 13.0. The first-order valence-corrected chi connectivity index (χ1v) is 7.36. The topological polar surface area (TPSA) is 18.5 Å². The van der Waals surface area contributed by atoms with E-state index in [1.54, 1.807) is 0 Å². The van der Waals surface area contributed by atoms with Gasteiger partial charge in [-0.2, -0.15) is 0 Å². The van der Waals surface area contributed by atoms with Crippen LogP contribution in [0.15, 0.2) is 0 Å². The number of hydrogen-bond acceptors (Lipinski definition) is 2. The van der Waals surface area contributed by atoms with Gasteiger partial charge in [0.2, 0.25) is 0 Å². The van der Waals surface area contributed by atoms with E-state index in [4.69, 9.17) is 9.31 Å². The Balaban J connectivity index is 1.96. The largest absolute Gasteiger partial charge is 0.463 e. The average Bonchev–Trinajstić information content (AvgIpc) is 2.48. The molecular formula is C15H27BO2. The van der Waals surface area contributed by atoms with Crippen LogP contribution >= 0.6 is 0 Å². The van der Waals surface area contributed by atoms with E-state index in [0.29, 0.717) is 11.3 Å². The lowest BCUT2D eigenvalue weighted by molar-refractivity contribution is -0.235. The van der Waals surface area contributed by atoms with Gasteiger partial charge in [-0.3, -0.25) is 0 Å². The second-order valence-electron chi connectivity index (χ2n) is 8.78. The zero-order valence-corrected chi connectivity index (χ0v) is 13.0. The molecule has 4 aliphatic rings. The van der Waals surface area contributed by atoms with Gasteiger partial charge in [0.25, 0.3) is 0 Å². The van der Waals surface area contributed by atoms with Gasteiger partial charge >= 0.3 is 7.12 Å². The molecule has 102 valence electrons. The Bertz CT molecular complexity index is 386. The molecule has 4 rings (SSSR count). The van der Waals surface area contributed by atoms with Crippen LogP contribution in [0.5, 0.6) is 0 Å². The molecule has 0 N–H and O–H groups in total. The van der Waals surface area contributed by atoms with Crippen molar-refractivity contribution in [1.82, 2.24) is 0 Å². The summed E-state index contributed by atoms with van der Waals surface area (Å²) in [7, 11) is -0.0670. The third-order valence-corrected chi connectivity index (χ3v) is 6.25. The fraction of sp³-hybridized carbons (Fsp3) is 1.00. The molecule has 0 aromatic rings. The van der Waals surface area contributed by atoms with Crippen molar-refractivity contribution in [1.29, 1.82) is 0 Å². The molecule has 4 fully saturated rings. The van der Waals surface area contributed by atoms with Crippen molar-refractivity contribution in [2.75, 3.05) is 0 Å². The van der Waals surface area contributed by atoms with Crippen molar-refractivity contribution in [2.24, 2.45) is 17.3 Å². The maximum Gasteiger partial charge on any atom is 0.463 e. The summed E-state index contributed by atoms with van der Waals surface area (Å²) >= 11 is 0. The standard InChI is InChI=1S/C15H27BO2/c1-12(2,3)16-17-14(6)9-10-8-11(13(10,4)5)15(14,7)18-16/h10-11H,8-9H2,1-7H3/t10-,11-,14+,15-/m0/s1. The first-order valence-electron chi connectivity index (χ1n) is 7.36. The molecule has 0 aromatic heterocycles. The second kappa shape index (κ2) is 3.17. The molecule has 4 atom stereocenters. The van der Waals surface area contributed by atoms with Gasteiger partial charge in [0.05, 0.1) is 11.2 Å². The van der Waals surface area contributed by atoms with E-state index in [2.05, 4.69) is 48.5 Å². The Labute approximate surface area is 112 Å². The van der Waals surface area contributed by atoms with Gasteiger partial charge < -0.3 is 9.31 Å². The summed E-state index contributed by atoms with van der Waals surface area (Å²) < 4.78 is 12.9. The van der Waals surface area contributed by atoms with Crippen molar-refractivity contribution >= 4 is 7.12 Å². The van der Waals surface area contributed by atoms with Crippen molar-refractivity contribution in [3.8, 4) is 0 Å². The molecule has 0 amide bonds. The Hall–Kier alpha value is -0.0151. The molecule has 3 heteroatoms. The van der Waals surface area contributed by atoms with E-state index < -0.39 is 0 Å². The summed E-state index contributed by atoms with van der Waals surface area (Å²) in [6, 6.07) is 0. The molecule has 2 nitrogen and oxygen atoms in total. The fourth-order valence-electron chi connectivity index (χ4n) is 4.55. The molecule has 1 saturated heterocycles. The van der Waals surface area contributed by atoms with Crippen molar-refractivity contribution in [3.05, 3.63) is 0 Å². The molecule has 0 unspecified atom stereocenters. The van der Waals surface area contributed by atoms with E-state index >= 15 is 0 Å². The highest BCUT2D eigenvalue weighted by Gasteiger charge is 2.73. The smallest absolute Gasteiger partial charge is 0.403 e. The van der Waals surface area contributed by atoms with Gasteiger partial charge in [-0.1, -0.05) is 34.6 Å². The van der Waals surface area contributed by atoms with E-state index in [1.165, 1.54) is 6.42 Å². The summed E-state index contributed by atoms with van der Waals surface area (Å²) in [6.07, 6.45) is 2.47. The Morgan fingerprint density at radius 2 is 1.67 bits per heavy atom. The summed E-state index contributed by atoms with van der Waals surface area (Å²) in [4.78, 5) is 0.